The van der Waals surface area contributed by atoms with Crippen molar-refractivity contribution in [2.75, 3.05) is 0 Å². The Morgan fingerprint density at radius 3 is 2.71 bits per heavy atom. The lowest BCUT2D eigenvalue weighted by Crippen LogP contribution is -1.99. The van der Waals surface area contributed by atoms with E-state index in [1.54, 1.807) is 12.3 Å². The van der Waals surface area contributed by atoms with Gasteiger partial charge in [0.2, 0.25) is 0 Å². The first-order valence-corrected chi connectivity index (χ1v) is 6.20. The number of alkyl halides is 1. The van der Waals surface area contributed by atoms with Gasteiger partial charge in [-0.15, -0.1) is 0 Å². The average molecular weight is 301 g/mol. The Bertz CT molecular complexity index is 522. The van der Waals surface area contributed by atoms with Crippen molar-refractivity contribution >= 4 is 15.9 Å². The van der Waals surface area contributed by atoms with Crippen LogP contribution in [0.2, 0.25) is 0 Å². The van der Waals surface area contributed by atoms with Gasteiger partial charge in [-0.05, 0) is 24.3 Å². The van der Waals surface area contributed by atoms with E-state index in [1.807, 2.05) is 6.92 Å². The lowest BCUT2D eigenvalue weighted by Gasteiger charge is -2.11. The van der Waals surface area contributed by atoms with Gasteiger partial charge in [0.05, 0.1) is 11.1 Å². The number of hydrogen-bond acceptors (Lipinski definition) is 1. The molecule has 17 heavy (non-hydrogen) atoms. The zero-order valence-electron chi connectivity index (χ0n) is 9.21. The SMILES string of the molecule is CCc1occc1C(Br)c1cc(F)ccc1F. The normalized spacial score (nSPS) is 12.7. The molecule has 0 aliphatic carbocycles. The third-order valence-electron chi connectivity index (χ3n) is 2.61. The van der Waals surface area contributed by atoms with E-state index in [9.17, 15) is 8.78 Å². The molecule has 0 aliphatic rings. The van der Waals surface area contributed by atoms with Gasteiger partial charge >= 0.3 is 0 Å². The predicted molar refractivity (Wildman–Crippen MR) is 65.2 cm³/mol. The van der Waals surface area contributed by atoms with Crippen molar-refractivity contribution in [2.45, 2.75) is 18.2 Å². The van der Waals surface area contributed by atoms with Crippen molar-refractivity contribution in [3.05, 3.63) is 59.1 Å². The maximum Gasteiger partial charge on any atom is 0.128 e. The monoisotopic (exact) mass is 300 g/mol. The molecule has 4 heteroatoms. The van der Waals surface area contributed by atoms with E-state index in [0.29, 0.717) is 6.42 Å². The highest BCUT2D eigenvalue weighted by atomic mass is 79.9. The van der Waals surface area contributed by atoms with E-state index in [1.165, 1.54) is 6.07 Å². The van der Waals surface area contributed by atoms with Crippen LogP contribution in [0.1, 0.15) is 28.6 Å². The maximum absolute atomic E-state index is 13.6. The lowest BCUT2D eigenvalue weighted by atomic mass is 10.0. The van der Waals surface area contributed by atoms with Crippen LogP contribution < -0.4 is 0 Å². The molecule has 0 radical (unpaired) electrons. The van der Waals surface area contributed by atoms with Gasteiger partial charge in [0.15, 0.2) is 0 Å². The third kappa shape index (κ3) is 2.41. The van der Waals surface area contributed by atoms with Crippen LogP contribution in [-0.4, -0.2) is 0 Å². The summed E-state index contributed by atoms with van der Waals surface area (Å²) in [6, 6.07) is 5.20. The Balaban J connectivity index is 2.43. The van der Waals surface area contributed by atoms with Crippen molar-refractivity contribution in [2.24, 2.45) is 0 Å². The molecule has 0 saturated carbocycles. The Kier molecular flexibility index (Phi) is 3.62. The van der Waals surface area contributed by atoms with E-state index in [2.05, 4.69) is 15.9 Å². The minimum Gasteiger partial charge on any atom is -0.469 e. The molecule has 0 spiro atoms. The van der Waals surface area contributed by atoms with Crippen molar-refractivity contribution in [1.82, 2.24) is 0 Å². The highest BCUT2D eigenvalue weighted by Gasteiger charge is 2.19. The number of benzene rings is 1. The van der Waals surface area contributed by atoms with Crippen LogP contribution >= 0.6 is 15.9 Å². The average Bonchev–Trinajstić information content (AvgIpc) is 2.79. The van der Waals surface area contributed by atoms with Crippen LogP contribution in [0.5, 0.6) is 0 Å². The molecule has 0 N–H and O–H groups in total. The predicted octanol–water partition coefficient (Wildman–Crippen LogP) is 4.60. The minimum absolute atomic E-state index is 0.279. The highest BCUT2D eigenvalue weighted by molar-refractivity contribution is 9.09. The van der Waals surface area contributed by atoms with Gasteiger partial charge in [-0.1, -0.05) is 22.9 Å². The molecule has 0 aliphatic heterocycles. The molecule has 2 rings (SSSR count). The van der Waals surface area contributed by atoms with Gasteiger partial charge < -0.3 is 4.42 Å². The van der Waals surface area contributed by atoms with Gasteiger partial charge in [0, 0.05) is 17.5 Å². The fourth-order valence-corrected chi connectivity index (χ4v) is 2.50. The van der Waals surface area contributed by atoms with E-state index in [0.717, 1.165) is 23.5 Å². The summed E-state index contributed by atoms with van der Waals surface area (Å²) in [4.78, 5) is -0.396. The number of halogens is 3. The second kappa shape index (κ2) is 5.00. The first kappa shape index (κ1) is 12.3. The van der Waals surface area contributed by atoms with E-state index in [-0.39, 0.29) is 5.56 Å². The summed E-state index contributed by atoms with van der Waals surface area (Å²) in [6.45, 7) is 1.95. The molecule has 1 heterocycles. The number of rotatable bonds is 3. The lowest BCUT2D eigenvalue weighted by molar-refractivity contribution is 0.511. The largest absolute Gasteiger partial charge is 0.469 e. The Morgan fingerprint density at radius 1 is 1.24 bits per heavy atom. The summed E-state index contributed by atoms with van der Waals surface area (Å²) in [6.07, 6.45) is 2.26. The molecule has 1 nitrogen and oxygen atoms in total. The van der Waals surface area contributed by atoms with Crippen LogP contribution in [0.3, 0.4) is 0 Å². The summed E-state index contributed by atoms with van der Waals surface area (Å²) < 4.78 is 32.0. The van der Waals surface area contributed by atoms with Gasteiger partial charge in [-0.3, -0.25) is 0 Å². The summed E-state index contributed by atoms with van der Waals surface area (Å²) in [5, 5.41) is 0. The molecule has 0 bridgehead atoms. The molecule has 0 amide bonds. The Morgan fingerprint density at radius 2 is 2.00 bits per heavy atom. The van der Waals surface area contributed by atoms with E-state index < -0.39 is 16.5 Å². The number of hydrogen-bond donors (Lipinski definition) is 0. The summed E-state index contributed by atoms with van der Waals surface area (Å²) in [5.74, 6) is -0.112. The molecule has 90 valence electrons. The standard InChI is InChI=1S/C13H11BrF2O/c1-2-12-9(5-6-17-12)13(14)10-7-8(15)3-4-11(10)16/h3-7,13H,2H2,1H3. The van der Waals surface area contributed by atoms with Crippen molar-refractivity contribution < 1.29 is 13.2 Å². The molecule has 1 aromatic carbocycles. The van der Waals surface area contributed by atoms with Crippen molar-refractivity contribution in [1.29, 1.82) is 0 Å². The number of aryl methyl sites for hydroxylation is 1. The molecule has 1 unspecified atom stereocenters. The minimum atomic E-state index is -0.451. The fourth-order valence-electron chi connectivity index (χ4n) is 1.74. The first-order chi connectivity index (χ1) is 8.13. The third-order valence-corrected chi connectivity index (χ3v) is 3.59. The topological polar surface area (TPSA) is 13.1 Å². The molecule has 1 aromatic heterocycles. The van der Waals surface area contributed by atoms with Crippen LogP contribution in [0.25, 0.3) is 0 Å². The Hall–Kier alpha value is -1.16. The highest BCUT2D eigenvalue weighted by Crippen LogP contribution is 2.35. The fraction of sp³-hybridized carbons (Fsp3) is 0.231. The number of furan rings is 1. The second-order valence-electron chi connectivity index (χ2n) is 3.68. The van der Waals surface area contributed by atoms with Gasteiger partial charge in [0.1, 0.15) is 17.4 Å². The second-order valence-corrected chi connectivity index (χ2v) is 4.60. The zero-order valence-corrected chi connectivity index (χ0v) is 10.8. The summed E-state index contributed by atoms with van der Waals surface area (Å²) >= 11 is 3.38. The van der Waals surface area contributed by atoms with Crippen LogP contribution in [0.4, 0.5) is 8.78 Å². The molecule has 0 fully saturated rings. The summed E-state index contributed by atoms with van der Waals surface area (Å²) in [5.41, 5.74) is 1.11. The molecule has 1 atom stereocenters. The Labute approximate surface area is 107 Å². The quantitative estimate of drug-likeness (QED) is 0.755. The van der Waals surface area contributed by atoms with E-state index in [4.69, 9.17) is 4.42 Å². The molecule has 2 aromatic rings. The maximum atomic E-state index is 13.6. The first-order valence-electron chi connectivity index (χ1n) is 5.28. The smallest absolute Gasteiger partial charge is 0.128 e. The molecule has 0 saturated heterocycles. The zero-order chi connectivity index (χ0) is 12.4. The molecular formula is C13H11BrF2O. The van der Waals surface area contributed by atoms with Gasteiger partial charge in [-0.2, -0.15) is 0 Å². The van der Waals surface area contributed by atoms with Gasteiger partial charge in [0.25, 0.3) is 0 Å². The van der Waals surface area contributed by atoms with E-state index >= 15 is 0 Å². The van der Waals surface area contributed by atoms with Crippen LogP contribution in [0, 0.1) is 11.6 Å². The summed E-state index contributed by atoms with van der Waals surface area (Å²) in [7, 11) is 0. The van der Waals surface area contributed by atoms with Crippen LogP contribution in [-0.2, 0) is 6.42 Å². The van der Waals surface area contributed by atoms with Crippen LogP contribution in [0.15, 0.2) is 34.9 Å². The van der Waals surface area contributed by atoms with Gasteiger partial charge in [-0.25, -0.2) is 8.78 Å². The van der Waals surface area contributed by atoms with Crippen molar-refractivity contribution in [3.8, 4) is 0 Å². The molecular weight excluding hydrogens is 290 g/mol. The van der Waals surface area contributed by atoms with Crippen molar-refractivity contribution in [3.63, 3.8) is 0 Å².